The van der Waals surface area contributed by atoms with Crippen molar-refractivity contribution in [3.63, 3.8) is 0 Å². The van der Waals surface area contributed by atoms with Crippen molar-refractivity contribution in [1.82, 2.24) is 19.5 Å². The molecule has 0 bridgehead atoms. The number of anilines is 1. The number of rotatable bonds is 6. The Kier molecular flexibility index (Phi) is 5.21. The molecule has 1 aliphatic rings. The Bertz CT molecular complexity index is 698. The largest absolute Gasteiger partial charge is 0.387 e. The first-order valence-electron chi connectivity index (χ1n) is 7.76. The van der Waals surface area contributed by atoms with Crippen molar-refractivity contribution < 1.29 is 14.9 Å². The van der Waals surface area contributed by atoms with Gasteiger partial charge in [-0.2, -0.15) is 0 Å². The van der Waals surface area contributed by atoms with Gasteiger partial charge in [0.1, 0.15) is 41.7 Å². The van der Waals surface area contributed by atoms with Gasteiger partial charge in [-0.25, -0.2) is 15.0 Å². The lowest BCUT2D eigenvalue weighted by Gasteiger charge is -2.16. The maximum Gasteiger partial charge on any atom is 0.167 e. The summed E-state index contributed by atoms with van der Waals surface area (Å²) in [6.07, 6.45) is 2.68. The quantitative estimate of drug-likeness (QED) is 0.464. The fourth-order valence-electron chi connectivity index (χ4n) is 2.85. The van der Waals surface area contributed by atoms with Crippen LogP contribution in [0.1, 0.15) is 12.6 Å². The average molecular weight is 355 g/mol. The van der Waals surface area contributed by atoms with Gasteiger partial charge in [0.25, 0.3) is 0 Å². The molecule has 0 aromatic carbocycles. The predicted octanol–water partition coefficient (Wildman–Crippen LogP) is -1.38. The van der Waals surface area contributed by atoms with Crippen LogP contribution in [-0.2, 0) is 15.6 Å². The first-order chi connectivity index (χ1) is 11.5. The van der Waals surface area contributed by atoms with E-state index in [0.717, 1.165) is 12.2 Å². The van der Waals surface area contributed by atoms with E-state index in [2.05, 4.69) is 21.2 Å². The zero-order valence-corrected chi connectivity index (χ0v) is 14.3. The smallest absolute Gasteiger partial charge is 0.167 e. The van der Waals surface area contributed by atoms with Crippen LogP contribution in [0, 0.1) is 0 Å². The van der Waals surface area contributed by atoms with E-state index < -0.39 is 24.5 Å². The molecule has 132 valence electrons. The van der Waals surface area contributed by atoms with Gasteiger partial charge in [0.05, 0.1) is 12.6 Å². The molecule has 2 aromatic heterocycles. The summed E-state index contributed by atoms with van der Waals surface area (Å²) in [6, 6.07) is 0. The lowest BCUT2D eigenvalue weighted by Crippen LogP contribution is -2.35. The van der Waals surface area contributed by atoms with Crippen molar-refractivity contribution >= 4 is 27.9 Å². The van der Waals surface area contributed by atoms with Gasteiger partial charge in [-0.3, -0.25) is 4.57 Å². The Balaban J connectivity index is 1.78. The second-order valence-electron chi connectivity index (χ2n) is 5.92. The SMILES string of the molecule is C[S+](CCCN)C[C@H]1O[C@@H](n2cnc3c(N)ncnc32)[C@@H](O)C1O. The van der Waals surface area contributed by atoms with Gasteiger partial charge in [0, 0.05) is 6.42 Å². The molecule has 2 unspecified atom stereocenters. The molecule has 6 N–H and O–H groups in total. The van der Waals surface area contributed by atoms with Crippen LogP contribution in [0.25, 0.3) is 11.2 Å². The highest BCUT2D eigenvalue weighted by atomic mass is 32.2. The van der Waals surface area contributed by atoms with E-state index in [1.165, 1.54) is 12.7 Å². The number of nitrogens with two attached hydrogens (primary N) is 2. The molecule has 0 saturated carbocycles. The van der Waals surface area contributed by atoms with E-state index in [1.807, 2.05) is 0 Å². The molecule has 0 amide bonds. The first-order valence-corrected chi connectivity index (χ1v) is 9.74. The molecular weight excluding hydrogens is 332 g/mol. The van der Waals surface area contributed by atoms with E-state index in [1.54, 1.807) is 4.57 Å². The number of aliphatic hydroxyl groups excluding tert-OH is 2. The third kappa shape index (κ3) is 3.20. The number of aliphatic hydroxyl groups is 2. The van der Waals surface area contributed by atoms with Crippen molar-refractivity contribution in [3.05, 3.63) is 12.7 Å². The number of nitrogen functional groups attached to an aromatic ring is 1. The third-order valence-electron chi connectivity index (χ3n) is 4.14. The molecule has 3 rings (SSSR count). The highest BCUT2D eigenvalue weighted by Gasteiger charge is 2.46. The molecule has 9 nitrogen and oxygen atoms in total. The van der Waals surface area contributed by atoms with Gasteiger partial charge in [0.15, 0.2) is 17.7 Å². The number of hydrogen-bond acceptors (Lipinski definition) is 8. The molecular formula is C14H23N6O3S+. The van der Waals surface area contributed by atoms with Crippen LogP contribution in [-0.4, -0.2) is 72.4 Å². The van der Waals surface area contributed by atoms with Gasteiger partial charge in [-0.1, -0.05) is 0 Å². The molecule has 1 fully saturated rings. The monoisotopic (exact) mass is 355 g/mol. The lowest BCUT2D eigenvalue weighted by atomic mass is 10.1. The highest BCUT2D eigenvalue weighted by molar-refractivity contribution is 7.96. The number of fused-ring (bicyclic) bond motifs is 1. The van der Waals surface area contributed by atoms with Crippen LogP contribution in [0.5, 0.6) is 0 Å². The fourth-order valence-corrected chi connectivity index (χ4v) is 4.51. The second-order valence-corrected chi connectivity index (χ2v) is 8.23. The number of ether oxygens (including phenoxy) is 1. The molecule has 1 aliphatic heterocycles. The maximum atomic E-state index is 10.4. The minimum Gasteiger partial charge on any atom is -0.387 e. The van der Waals surface area contributed by atoms with Crippen LogP contribution >= 0.6 is 0 Å². The van der Waals surface area contributed by atoms with Gasteiger partial charge in [-0.15, -0.1) is 0 Å². The van der Waals surface area contributed by atoms with E-state index in [0.29, 0.717) is 23.5 Å². The molecule has 24 heavy (non-hydrogen) atoms. The second kappa shape index (κ2) is 7.19. The Hall–Kier alpha value is -1.46. The standard InChI is InChI=1S/C14H23N6O3S/c1-24(4-2-3-15)5-8-10(21)11(22)14(23-8)20-7-19-9-12(16)17-6-18-13(9)20/h6-8,10-11,14,21-22H,2-5,15H2,1H3,(H2,16,17,18)/q+1/t8-,10?,11+,14-,24?/m1/s1. The first kappa shape index (κ1) is 17.4. The summed E-state index contributed by atoms with van der Waals surface area (Å²) in [5.74, 6) is 1.93. The van der Waals surface area contributed by atoms with Crippen LogP contribution in [0.4, 0.5) is 5.82 Å². The molecule has 0 spiro atoms. The van der Waals surface area contributed by atoms with Crippen LogP contribution < -0.4 is 11.5 Å². The van der Waals surface area contributed by atoms with E-state index >= 15 is 0 Å². The summed E-state index contributed by atoms with van der Waals surface area (Å²) in [5, 5.41) is 20.7. The van der Waals surface area contributed by atoms with Gasteiger partial charge < -0.3 is 26.4 Å². The third-order valence-corrected chi connectivity index (χ3v) is 6.03. The zero-order chi connectivity index (χ0) is 17.3. The minimum atomic E-state index is -1.06. The van der Waals surface area contributed by atoms with E-state index in [-0.39, 0.29) is 16.7 Å². The minimum absolute atomic E-state index is 0.0655. The van der Waals surface area contributed by atoms with Crippen molar-refractivity contribution in [1.29, 1.82) is 0 Å². The molecule has 0 aliphatic carbocycles. The summed E-state index contributed by atoms with van der Waals surface area (Å²) in [5.41, 5.74) is 12.2. The molecule has 2 aromatic rings. The number of hydrogen-bond donors (Lipinski definition) is 4. The average Bonchev–Trinajstić information content (AvgIpc) is 3.10. The lowest BCUT2D eigenvalue weighted by molar-refractivity contribution is -0.0290. The zero-order valence-electron chi connectivity index (χ0n) is 13.4. The van der Waals surface area contributed by atoms with E-state index in [4.69, 9.17) is 16.2 Å². The van der Waals surface area contributed by atoms with Gasteiger partial charge in [0.2, 0.25) is 0 Å². The fraction of sp³-hybridized carbons (Fsp3) is 0.643. The van der Waals surface area contributed by atoms with Gasteiger partial charge in [-0.05, 0) is 17.4 Å². The van der Waals surface area contributed by atoms with Crippen molar-refractivity contribution in [3.8, 4) is 0 Å². The Morgan fingerprint density at radius 3 is 2.83 bits per heavy atom. The van der Waals surface area contributed by atoms with Crippen molar-refractivity contribution in [2.75, 3.05) is 30.0 Å². The Labute approximate surface area is 142 Å². The van der Waals surface area contributed by atoms with Crippen molar-refractivity contribution in [2.24, 2.45) is 5.73 Å². The maximum absolute atomic E-state index is 10.4. The summed E-state index contributed by atoms with van der Waals surface area (Å²) < 4.78 is 7.52. The molecule has 3 heterocycles. The molecule has 5 atom stereocenters. The van der Waals surface area contributed by atoms with Crippen LogP contribution in [0.2, 0.25) is 0 Å². The van der Waals surface area contributed by atoms with Gasteiger partial charge >= 0.3 is 0 Å². The summed E-state index contributed by atoms with van der Waals surface area (Å²) in [7, 11) is 0.0655. The summed E-state index contributed by atoms with van der Waals surface area (Å²) >= 11 is 0. The molecule has 10 heteroatoms. The Morgan fingerprint density at radius 1 is 1.29 bits per heavy atom. The predicted molar refractivity (Wildman–Crippen MR) is 92.4 cm³/mol. The Morgan fingerprint density at radius 2 is 2.08 bits per heavy atom. The summed E-state index contributed by atoms with van der Waals surface area (Å²) in [4.78, 5) is 12.2. The number of nitrogens with zero attached hydrogens (tertiary/aromatic N) is 4. The van der Waals surface area contributed by atoms with Crippen molar-refractivity contribution in [2.45, 2.75) is 31.0 Å². The normalized spacial score (nSPS) is 28.5. The highest BCUT2D eigenvalue weighted by Crippen LogP contribution is 2.32. The molecule has 0 radical (unpaired) electrons. The number of imidazole rings is 1. The topological polar surface area (TPSA) is 145 Å². The van der Waals surface area contributed by atoms with Crippen LogP contribution in [0.3, 0.4) is 0 Å². The van der Waals surface area contributed by atoms with Crippen LogP contribution in [0.15, 0.2) is 12.7 Å². The summed E-state index contributed by atoms with van der Waals surface area (Å²) in [6.45, 7) is 0.652. The number of aromatic nitrogens is 4. The molecule has 1 saturated heterocycles. The van der Waals surface area contributed by atoms with E-state index in [9.17, 15) is 10.2 Å².